The van der Waals surface area contributed by atoms with E-state index in [-0.39, 0.29) is 0 Å². The minimum absolute atomic E-state index is 0.351. The fourth-order valence-electron chi connectivity index (χ4n) is 2.50. The SMILES string of the molecule is CCOCCn1nc(-c2ccco2)nc1-c1cnn(CC(F)(F)F)c1C. The Bertz CT molecular complexity index is 852. The van der Waals surface area contributed by atoms with Gasteiger partial charge in [0, 0.05) is 12.3 Å². The summed E-state index contributed by atoms with van der Waals surface area (Å²) in [6.45, 7) is 3.65. The fourth-order valence-corrected chi connectivity index (χ4v) is 2.50. The van der Waals surface area contributed by atoms with Crippen molar-refractivity contribution in [2.24, 2.45) is 0 Å². The second-order valence-electron chi connectivity index (χ2n) is 5.57. The number of rotatable bonds is 7. The van der Waals surface area contributed by atoms with E-state index in [1.807, 2.05) is 6.92 Å². The van der Waals surface area contributed by atoms with Crippen LogP contribution >= 0.6 is 0 Å². The topological polar surface area (TPSA) is 70.9 Å². The summed E-state index contributed by atoms with van der Waals surface area (Å²) in [6.07, 6.45) is -1.48. The maximum absolute atomic E-state index is 12.7. The van der Waals surface area contributed by atoms with Crippen LogP contribution in [0.5, 0.6) is 0 Å². The first kappa shape index (κ1) is 18.2. The van der Waals surface area contributed by atoms with Gasteiger partial charge in [0.15, 0.2) is 11.6 Å². The average molecular weight is 369 g/mol. The van der Waals surface area contributed by atoms with Crippen LogP contribution in [-0.4, -0.2) is 43.9 Å². The van der Waals surface area contributed by atoms with Gasteiger partial charge in [0.1, 0.15) is 6.54 Å². The maximum Gasteiger partial charge on any atom is 0.408 e. The Morgan fingerprint density at radius 1 is 1.27 bits per heavy atom. The largest absolute Gasteiger partial charge is 0.461 e. The third-order valence-electron chi connectivity index (χ3n) is 3.74. The molecule has 0 N–H and O–H groups in total. The van der Waals surface area contributed by atoms with Crippen LogP contribution in [-0.2, 0) is 17.8 Å². The number of halogens is 3. The van der Waals surface area contributed by atoms with E-state index >= 15 is 0 Å². The van der Waals surface area contributed by atoms with E-state index in [0.717, 1.165) is 4.68 Å². The minimum Gasteiger partial charge on any atom is -0.461 e. The summed E-state index contributed by atoms with van der Waals surface area (Å²) in [4.78, 5) is 4.44. The van der Waals surface area contributed by atoms with Crippen molar-refractivity contribution in [1.29, 1.82) is 0 Å². The molecule has 0 aliphatic carbocycles. The van der Waals surface area contributed by atoms with Crippen LogP contribution in [0, 0.1) is 6.92 Å². The summed E-state index contributed by atoms with van der Waals surface area (Å²) in [6, 6.07) is 3.43. The first-order valence-corrected chi connectivity index (χ1v) is 8.05. The molecule has 0 amide bonds. The van der Waals surface area contributed by atoms with Crippen molar-refractivity contribution in [2.75, 3.05) is 13.2 Å². The molecule has 3 heterocycles. The smallest absolute Gasteiger partial charge is 0.408 e. The fraction of sp³-hybridized carbons (Fsp3) is 0.438. The number of nitrogens with zero attached hydrogens (tertiary/aromatic N) is 5. The van der Waals surface area contributed by atoms with Crippen molar-refractivity contribution in [3.8, 4) is 23.0 Å². The van der Waals surface area contributed by atoms with Crippen molar-refractivity contribution in [3.63, 3.8) is 0 Å². The number of hydrogen-bond acceptors (Lipinski definition) is 5. The molecule has 26 heavy (non-hydrogen) atoms. The van der Waals surface area contributed by atoms with Crippen LogP contribution in [0.25, 0.3) is 23.0 Å². The molecule has 3 rings (SSSR count). The van der Waals surface area contributed by atoms with Gasteiger partial charge in [-0.2, -0.15) is 18.3 Å². The Hall–Kier alpha value is -2.62. The Morgan fingerprint density at radius 2 is 2.08 bits per heavy atom. The molecule has 0 aliphatic heterocycles. The summed E-state index contributed by atoms with van der Waals surface area (Å²) in [5.74, 6) is 1.24. The Balaban J connectivity index is 1.97. The summed E-state index contributed by atoms with van der Waals surface area (Å²) >= 11 is 0. The Morgan fingerprint density at radius 3 is 2.73 bits per heavy atom. The standard InChI is InChI=1S/C16H18F3N5O2/c1-3-25-8-6-23-15(21-14(22-23)13-5-4-7-26-13)12-9-20-24(11(12)2)10-16(17,18)19/h4-5,7,9H,3,6,8,10H2,1-2H3. The minimum atomic E-state index is -4.35. The zero-order chi connectivity index (χ0) is 18.7. The molecule has 0 atom stereocenters. The molecule has 3 aromatic heterocycles. The number of furan rings is 1. The third kappa shape index (κ3) is 3.96. The summed E-state index contributed by atoms with van der Waals surface area (Å²) in [5, 5.41) is 8.25. The second-order valence-corrected chi connectivity index (χ2v) is 5.57. The molecule has 0 saturated carbocycles. The lowest BCUT2D eigenvalue weighted by molar-refractivity contribution is -0.142. The van der Waals surface area contributed by atoms with Crippen molar-refractivity contribution < 1.29 is 22.3 Å². The lowest BCUT2D eigenvalue weighted by Crippen LogP contribution is -2.19. The molecule has 0 radical (unpaired) electrons. The van der Waals surface area contributed by atoms with Crippen molar-refractivity contribution in [2.45, 2.75) is 33.1 Å². The van der Waals surface area contributed by atoms with E-state index < -0.39 is 12.7 Å². The van der Waals surface area contributed by atoms with Crippen LogP contribution in [0.15, 0.2) is 29.0 Å². The van der Waals surface area contributed by atoms with E-state index in [9.17, 15) is 13.2 Å². The van der Waals surface area contributed by atoms with Gasteiger partial charge in [0.25, 0.3) is 0 Å². The van der Waals surface area contributed by atoms with Gasteiger partial charge in [-0.1, -0.05) is 0 Å². The predicted molar refractivity (Wildman–Crippen MR) is 86.2 cm³/mol. The van der Waals surface area contributed by atoms with Crippen molar-refractivity contribution in [3.05, 3.63) is 30.3 Å². The maximum atomic E-state index is 12.7. The Labute approximate surface area is 147 Å². The van der Waals surface area contributed by atoms with E-state index in [1.54, 1.807) is 23.7 Å². The first-order valence-electron chi connectivity index (χ1n) is 8.05. The van der Waals surface area contributed by atoms with Gasteiger partial charge >= 0.3 is 6.18 Å². The third-order valence-corrected chi connectivity index (χ3v) is 3.74. The van der Waals surface area contributed by atoms with E-state index in [1.165, 1.54) is 12.5 Å². The molecule has 0 spiro atoms. The highest BCUT2D eigenvalue weighted by Crippen LogP contribution is 2.27. The molecule has 0 bridgehead atoms. The molecule has 3 aromatic rings. The molecule has 0 saturated heterocycles. The molecular weight excluding hydrogens is 351 g/mol. The zero-order valence-electron chi connectivity index (χ0n) is 14.3. The predicted octanol–water partition coefficient (Wildman–Crippen LogP) is 3.31. The van der Waals surface area contributed by atoms with Gasteiger partial charge in [-0.25, -0.2) is 9.67 Å². The average Bonchev–Trinajstić information content (AvgIpc) is 3.28. The molecule has 0 aromatic carbocycles. The van der Waals surface area contributed by atoms with Crippen LogP contribution in [0.3, 0.4) is 0 Å². The van der Waals surface area contributed by atoms with E-state index in [4.69, 9.17) is 9.15 Å². The molecule has 140 valence electrons. The summed E-state index contributed by atoms with van der Waals surface area (Å²) in [5.41, 5.74) is 0.842. The normalized spacial score (nSPS) is 12.0. The van der Waals surface area contributed by atoms with Crippen LogP contribution in [0.1, 0.15) is 12.6 Å². The van der Waals surface area contributed by atoms with E-state index in [2.05, 4.69) is 15.2 Å². The molecule has 0 unspecified atom stereocenters. The number of hydrogen-bond donors (Lipinski definition) is 0. The molecule has 7 nitrogen and oxygen atoms in total. The highest BCUT2D eigenvalue weighted by Gasteiger charge is 2.30. The number of alkyl halides is 3. The lowest BCUT2D eigenvalue weighted by Gasteiger charge is -2.09. The van der Waals surface area contributed by atoms with Crippen molar-refractivity contribution in [1.82, 2.24) is 24.5 Å². The second kappa shape index (κ2) is 7.32. The van der Waals surface area contributed by atoms with Gasteiger partial charge < -0.3 is 9.15 Å². The van der Waals surface area contributed by atoms with Gasteiger partial charge in [-0.05, 0) is 26.0 Å². The number of aromatic nitrogens is 5. The van der Waals surface area contributed by atoms with Gasteiger partial charge in [0.05, 0.1) is 31.2 Å². The first-order chi connectivity index (χ1) is 12.4. The highest BCUT2D eigenvalue weighted by atomic mass is 19.4. The zero-order valence-corrected chi connectivity index (χ0v) is 14.3. The quantitative estimate of drug-likeness (QED) is 0.598. The monoisotopic (exact) mass is 369 g/mol. The molecular formula is C16H18F3N5O2. The van der Waals surface area contributed by atoms with Gasteiger partial charge in [-0.3, -0.25) is 4.68 Å². The summed E-state index contributed by atoms with van der Waals surface area (Å²) < 4.78 is 51.2. The van der Waals surface area contributed by atoms with E-state index in [0.29, 0.717) is 48.4 Å². The summed E-state index contributed by atoms with van der Waals surface area (Å²) in [7, 11) is 0. The molecule has 0 fully saturated rings. The Kier molecular flexibility index (Phi) is 5.12. The molecule has 0 aliphatic rings. The lowest BCUT2D eigenvalue weighted by atomic mass is 10.2. The molecule has 10 heteroatoms. The van der Waals surface area contributed by atoms with Crippen LogP contribution in [0.4, 0.5) is 13.2 Å². The van der Waals surface area contributed by atoms with Crippen LogP contribution in [0.2, 0.25) is 0 Å². The van der Waals surface area contributed by atoms with Crippen LogP contribution < -0.4 is 0 Å². The van der Waals surface area contributed by atoms with Gasteiger partial charge in [0.2, 0.25) is 5.82 Å². The highest BCUT2D eigenvalue weighted by molar-refractivity contribution is 5.60. The number of ether oxygens (including phenoxy) is 1. The van der Waals surface area contributed by atoms with Gasteiger partial charge in [-0.15, -0.1) is 5.10 Å². The van der Waals surface area contributed by atoms with Crippen molar-refractivity contribution >= 4 is 0 Å².